The predicted octanol–water partition coefficient (Wildman–Crippen LogP) is 2.84. The molecule has 2 aromatic rings. The molecule has 0 aliphatic heterocycles. The average molecular weight is 281 g/mol. The summed E-state index contributed by atoms with van der Waals surface area (Å²) in [6, 6.07) is 17.3. The number of benzene rings is 1. The summed E-state index contributed by atoms with van der Waals surface area (Å²) < 4.78 is 0. The van der Waals surface area contributed by atoms with Gasteiger partial charge in [0.2, 0.25) is 0 Å². The second-order valence-electron chi connectivity index (χ2n) is 5.87. The number of nitrogens with zero attached hydrogens (tertiary/aromatic N) is 2. The van der Waals surface area contributed by atoms with E-state index in [9.17, 15) is 0 Å². The molecule has 2 unspecified atom stereocenters. The molecule has 1 aliphatic carbocycles. The molecule has 3 nitrogen and oxygen atoms in total. The number of aromatic nitrogens is 1. The summed E-state index contributed by atoms with van der Waals surface area (Å²) in [5.74, 6) is 0.745. The van der Waals surface area contributed by atoms with Crippen LogP contribution >= 0.6 is 0 Å². The van der Waals surface area contributed by atoms with Crippen LogP contribution in [0.15, 0.2) is 54.7 Å². The topological polar surface area (TPSA) is 42.2 Å². The van der Waals surface area contributed by atoms with Crippen LogP contribution in [0.25, 0.3) is 0 Å². The number of hydrogen-bond acceptors (Lipinski definition) is 3. The summed E-state index contributed by atoms with van der Waals surface area (Å²) >= 11 is 0. The van der Waals surface area contributed by atoms with Gasteiger partial charge < -0.3 is 5.73 Å². The molecular weight excluding hydrogens is 258 g/mol. The summed E-state index contributed by atoms with van der Waals surface area (Å²) in [4.78, 5) is 7.00. The summed E-state index contributed by atoms with van der Waals surface area (Å²) in [6.45, 7) is 0.706. The Morgan fingerprint density at radius 3 is 2.43 bits per heavy atom. The van der Waals surface area contributed by atoms with Crippen molar-refractivity contribution in [2.24, 2.45) is 11.7 Å². The average Bonchev–Trinajstić information content (AvgIpc) is 3.35. The van der Waals surface area contributed by atoms with Crippen molar-refractivity contribution in [3.63, 3.8) is 0 Å². The van der Waals surface area contributed by atoms with Gasteiger partial charge in [0.05, 0.1) is 11.7 Å². The first-order chi connectivity index (χ1) is 10.3. The van der Waals surface area contributed by atoms with Gasteiger partial charge in [-0.15, -0.1) is 0 Å². The Kier molecular flexibility index (Phi) is 4.32. The van der Waals surface area contributed by atoms with Crippen LogP contribution in [0.5, 0.6) is 0 Å². The number of nitrogens with two attached hydrogens (primary N) is 1. The Hall–Kier alpha value is -1.71. The van der Waals surface area contributed by atoms with Crippen molar-refractivity contribution in [3.8, 4) is 0 Å². The van der Waals surface area contributed by atoms with E-state index in [0.717, 1.165) is 11.6 Å². The molecule has 1 fully saturated rings. The summed E-state index contributed by atoms with van der Waals surface area (Å²) in [5, 5.41) is 0. The first kappa shape index (κ1) is 14.2. The first-order valence-electron chi connectivity index (χ1n) is 7.69. The Bertz CT molecular complexity index is 512. The van der Waals surface area contributed by atoms with Gasteiger partial charge in [0.15, 0.2) is 0 Å². The van der Waals surface area contributed by atoms with Crippen LogP contribution in [0.3, 0.4) is 0 Å². The van der Waals surface area contributed by atoms with Crippen molar-refractivity contribution in [1.29, 1.82) is 0 Å². The summed E-state index contributed by atoms with van der Waals surface area (Å²) in [5.41, 5.74) is 8.41. The lowest BCUT2D eigenvalue weighted by molar-refractivity contribution is 0.180. The van der Waals surface area contributed by atoms with Crippen molar-refractivity contribution >= 4 is 0 Å². The van der Waals surface area contributed by atoms with E-state index >= 15 is 0 Å². The van der Waals surface area contributed by atoms with Gasteiger partial charge in [-0.3, -0.25) is 9.88 Å². The molecule has 1 aromatic heterocycles. The van der Waals surface area contributed by atoms with E-state index in [-0.39, 0.29) is 6.04 Å². The molecule has 0 spiro atoms. The molecular formula is C18H23N3. The third-order valence-corrected chi connectivity index (χ3v) is 4.42. The quantitative estimate of drug-likeness (QED) is 0.885. The van der Waals surface area contributed by atoms with Crippen molar-refractivity contribution < 1.29 is 0 Å². The fraction of sp³-hybridized carbons (Fsp3) is 0.389. The Morgan fingerprint density at radius 2 is 1.86 bits per heavy atom. The van der Waals surface area contributed by atoms with Gasteiger partial charge in [-0.2, -0.15) is 0 Å². The zero-order valence-electron chi connectivity index (χ0n) is 12.5. The molecule has 21 heavy (non-hydrogen) atoms. The zero-order valence-corrected chi connectivity index (χ0v) is 12.5. The lowest BCUT2D eigenvalue weighted by Crippen LogP contribution is -2.42. The van der Waals surface area contributed by atoms with E-state index in [1.165, 1.54) is 18.4 Å². The number of hydrogen-bond donors (Lipinski definition) is 1. The predicted molar refractivity (Wildman–Crippen MR) is 85.9 cm³/mol. The van der Waals surface area contributed by atoms with E-state index < -0.39 is 0 Å². The minimum atomic E-state index is 0.168. The third kappa shape index (κ3) is 3.14. The molecule has 1 aromatic carbocycles. The van der Waals surface area contributed by atoms with Gasteiger partial charge in [-0.25, -0.2) is 0 Å². The van der Waals surface area contributed by atoms with Crippen molar-refractivity contribution in [2.75, 3.05) is 13.6 Å². The minimum Gasteiger partial charge on any atom is -0.329 e. The Balaban J connectivity index is 1.96. The highest BCUT2D eigenvalue weighted by Crippen LogP contribution is 2.38. The van der Waals surface area contributed by atoms with E-state index in [0.29, 0.717) is 12.6 Å². The SMILES string of the molecule is CN(C(c1ccccc1)c1ccccn1)C(CN)C1CC1. The maximum absolute atomic E-state index is 6.05. The van der Waals surface area contributed by atoms with E-state index in [4.69, 9.17) is 5.73 Å². The minimum absolute atomic E-state index is 0.168. The van der Waals surface area contributed by atoms with Crippen LogP contribution < -0.4 is 5.73 Å². The fourth-order valence-corrected chi connectivity index (χ4v) is 3.15. The van der Waals surface area contributed by atoms with E-state index in [1.807, 2.05) is 12.3 Å². The highest BCUT2D eigenvalue weighted by atomic mass is 15.2. The lowest BCUT2D eigenvalue weighted by atomic mass is 9.98. The largest absolute Gasteiger partial charge is 0.329 e. The molecule has 0 saturated heterocycles. The van der Waals surface area contributed by atoms with Gasteiger partial charge in [-0.05, 0) is 43.5 Å². The molecule has 0 amide bonds. The number of likely N-dealkylation sites (N-methyl/N-ethyl adjacent to an activating group) is 1. The summed E-state index contributed by atoms with van der Waals surface area (Å²) in [7, 11) is 2.18. The smallest absolute Gasteiger partial charge is 0.0776 e. The molecule has 3 heteroatoms. The number of rotatable bonds is 6. The lowest BCUT2D eigenvalue weighted by Gasteiger charge is -2.34. The molecule has 1 aliphatic rings. The maximum atomic E-state index is 6.05. The van der Waals surface area contributed by atoms with E-state index in [2.05, 4.69) is 59.4 Å². The normalized spacial score (nSPS) is 17.7. The Labute approximate surface area is 126 Å². The van der Waals surface area contributed by atoms with Crippen LogP contribution in [0.1, 0.15) is 30.1 Å². The van der Waals surface area contributed by atoms with Gasteiger partial charge in [-0.1, -0.05) is 36.4 Å². The van der Waals surface area contributed by atoms with Gasteiger partial charge >= 0.3 is 0 Å². The van der Waals surface area contributed by atoms with Crippen molar-refractivity contribution in [2.45, 2.75) is 24.9 Å². The second-order valence-corrected chi connectivity index (χ2v) is 5.87. The van der Waals surface area contributed by atoms with Gasteiger partial charge in [0.1, 0.15) is 0 Å². The van der Waals surface area contributed by atoms with Crippen LogP contribution in [0.4, 0.5) is 0 Å². The molecule has 0 radical (unpaired) electrons. The zero-order chi connectivity index (χ0) is 14.7. The van der Waals surface area contributed by atoms with Crippen LogP contribution in [-0.4, -0.2) is 29.5 Å². The molecule has 2 N–H and O–H groups in total. The van der Waals surface area contributed by atoms with Crippen molar-refractivity contribution in [3.05, 3.63) is 66.0 Å². The molecule has 1 saturated carbocycles. The molecule has 1 heterocycles. The third-order valence-electron chi connectivity index (χ3n) is 4.42. The van der Waals surface area contributed by atoms with Crippen LogP contribution in [0, 0.1) is 5.92 Å². The number of pyridine rings is 1. The van der Waals surface area contributed by atoms with Gasteiger partial charge in [0, 0.05) is 18.8 Å². The highest BCUT2D eigenvalue weighted by molar-refractivity contribution is 5.28. The maximum Gasteiger partial charge on any atom is 0.0776 e. The molecule has 0 bridgehead atoms. The monoisotopic (exact) mass is 281 g/mol. The first-order valence-corrected chi connectivity index (χ1v) is 7.69. The molecule has 110 valence electrons. The van der Waals surface area contributed by atoms with Crippen LogP contribution in [0.2, 0.25) is 0 Å². The highest BCUT2D eigenvalue weighted by Gasteiger charge is 2.36. The Morgan fingerprint density at radius 1 is 1.14 bits per heavy atom. The van der Waals surface area contributed by atoms with Crippen LogP contribution in [-0.2, 0) is 0 Å². The molecule has 2 atom stereocenters. The van der Waals surface area contributed by atoms with E-state index in [1.54, 1.807) is 0 Å². The molecule has 3 rings (SSSR count). The second kappa shape index (κ2) is 6.37. The van der Waals surface area contributed by atoms with Crippen molar-refractivity contribution in [1.82, 2.24) is 9.88 Å². The fourth-order valence-electron chi connectivity index (χ4n) is 3.15. The van der Waals surface area contributed by atoms with Gasteiger partial charge in [0.25, 0.3) is 0 Å². The standard InChI is InChI=1S/C18H23N3/c1-21(17(13-19)14-10-11-14)18(15-7-3-2-4-8-15)16-9-5-6-12-20-16/h2-9,12,14,17-18H,10-11,13,19H2,1H3. The summed E-state index contributed by atoms with van der Waals surface area (Å²) in [6.07, 6.45) is 4.47.